The van der Waals surface area contributed by atoms with E-state index in [1.54, 1.807) is 11.2 Å². The third-order valence-electron chi connectivity index (χ3n) is 4.07. The molecule has 1 N–H and O–H groups in total. The van der Waals surface area contributed by atoms with Crippen LogP contribution in [-0.2, 0) is 6.42 Å². The van der Waals surface area contributed by atoms with Gasteiger partial charge in [-0.2, -0.15) is 0 Å². The number of rotatable bonds is 3. The second-order valence-corrected chi connectivity index (χ2v) is 5.97. The van der Waals surface area contributed by atoms with Crippen LogP contribution in [0.5, 0.6) is 0 Å². The van der Waals surface area contributed by atoms with E-state index in [9.17, 15) is 9.59 Å². The first-order valence-electron chi connectivity index (χ1n) is 7.82. The number of hydrogen-bond acceptors (Lipinski definition) is 5. The number of aromatic amines is 1. The van der Waals surface area contributed by atoms with E-state index >= 15 is 0 Å². The summed E-state index contributed by atoms with van der Waals surface area (Å²) in [5.41, 5.74) is 0.998. The molecule has 24 heavy (non-hydrogen) atoms. The zero-order valence-corrected chi connectivity index (χ0v) is 14.1. The molecular weight excluding hydrogens is 330 g/mol. The first-order chi connectivity index (χ1) is 11.6. The summed E-state index contributed by atoms with van der Waals surface area (Å²) in [7, 11) is 0. The molecule has 1 amide bonds. The molecule has 0 saturated carbocycles. The van der Waals surface area contributed by atoms with Crippen molar-refractivity contribution in [3.63, 3.8) is 0 Å². The van der Waals surface area contributed by atoms with Crippen LogP contribution in [0.25, 0.3) is 0 Å². The highest BCUT2D eigenvalue weighted by Gasteiger charge is 2.23. The minimum Gasteiger partial charge on any atom is -0.353 e. The Morgan fingerprint density at radius 2 is 2.00 bits per heavy atom. The fraction of sp³-hybridized carbons (Fsp3) is 0.375. The molecule has 7 nitrogen and oxygen atoms in total. The Kier molecular flexibility index (Phi) is 4.80. The summed E-state index contributed by atoms with van der Waals surface area (Å²) in [6.45, 7) is 4.62. The lowest BCUT2D eigenvalue weighted by atomic mass is 10.2. The SMILES string of the molecule is CCc1cc(N2CCN(C(=O)c3c[nH]c(=O)c(Cl)c3)CC2)ncn1. The smallest absolute Gasteiger partial charge is 0.266 e. The molecular formula is C16H18ClN5O2. The number of carbonyl (C=O) groups excluding carboxylic acids is 1. The number of piperazine rings is 1. The quantitative estimate of drug-likeness (QED) is 0.906. The van der Waals surface area contributed by atoms with Crippen molar-refractivity contribution >= 4 is 23.3 Å². The zero-order valence-electron chi connectivity index (χ0n) is 13.3. The van der Waals surface area contributed by atoms with Gasteiger partial charge in [-0.1, -0.05) is 18.5 Å². The Balaban J connectivity index is 1.66. The highest BCUT2D eigenvalue weighted by Crippen LogP contribution is 2.16. The summed E-state index contributed by atoms with van der Waals surface area (Å²) in [5, 5.41) is 0.0209. The van der Waals surface area contributed by atoms with Crippen LogP contribution in [0.3, 0.4) is 0 Å². The molecule has 1 fully saturated rings. The number of carbonyl (C=O) groups is 1. The lowest BCUT2D eigenvalue weighted by molar-refractivity contribution is 0.0746. The van der Waals surface area contributed by atoms with E-state index in [-0.39, 0.29) is 10.9 Å². The van der Waals surface area contributed by atoms with E-state index in [0.29, 0.717) is 31.7 Å². The standard InChI is InChI=1S/C16H18ClN5O2/c1-2-12-8-14(20-10-19-12)21-3-5-22(6-4-21)16(24)11-7-13(17)15(23)18-9-11/h7-10H,2-6H2,1H3,(H,18,23). The van der Waals surface area contributed by atoms with Gasteiger partial charge in [0.25, 0.3) is 11.5 Å². The average molecular weight is 348 g/mol. The van der Waals surface area contributed by atoms with E-state index in [1.807, 2.05) is 6.07 Å². The largest absolute Gasteiger partial charge is 0.353 e. The number of aryl methyl sites for hydroxylation is 1. The fourth-order valence-electron chi connectivity index (χ4n) is 2.65. The summed E-state index contributed by atoms with van der Waals surface area (Å²) in [5.74, 6) is 0.755. The Hall–Kier alpha value is -2.41. The molecule has 8 heteroatoms. The number of amides is 1. The van der Waals surface area contributed by atoms with Crippen LogP contribution in [0.2, 0.25) is 5.02 Å². The highest BCUT2D eigenvalue weighted by atomic mass is 35.5. The van der Waals surface area contributed by atoms with Crippen molar-refractivity contribution in [2.45, 2.75) is 13.3 Å². The molecule has 2 aromatic heterocycles. The Morgan fingerprint density at radius 1 is 1.25 bits per heavy atom. The molecule has 0 bridgehead atoms. The van der Waals surface area contributed by atoms with E-state index in [1.165, 1.54) is 12.3 Å². The lowest BCUT2D eigenvalue weighted by Gasteiger charge is -2.35. The van der Waals surface area contributed by atoms with E-state index in [2.05, 4.69) is 26.8 Å². The third-order valence-corrected chi connectivity index (χ3v) is 4.35. The van der Waals surface area contributed by atoms with Crippen molar-refractivity contribution in [3.05, 3.63) is 51.3 Å². The summed E-state index contributed by atoms with van der Waals surface area (Å²) < 4.78 is 0. The van der Waals surface area contributed by atoms with Crippen LogP contribution in [0.4, 0.5) is 5.82 Å². The lowest BCUT2D eigenvalue weighted by Crippen LogP contribution is -2.49. The minimum atomic E-state index is -0.395. The average Bonchev–Trinajstić information content (AvgIpc) is 2.63. The molecule has 1 aliphatic heterocycles. The van der Waals surface area contributed by atoms with Gasteiger partial charge in [0.05, 0.1) is 5.56 Å². The van der Waals surface area contributed by atoms with Gasteiger partial charge in [-0.3, -0.25) is 9.59 Å². The number of H-pyrrole nitrogens is 1. The predicted octanol–water partition coefficient (Wildman–Crippen LogP) is 1.34. The van der Waals surface area contributed by atoms with Crippen molar-refractivity contribution < 1.29 is 4.79 Å². The van der Waals surface area contributed by atoms with Gasteiger partial charge >= 0.3 is 0 Å². The van der Waals surface area contributed by atoms with Crippen molar-refractivity contribution in [2.75, 3.05) is 31.1 Å². The van der Waals surface area contributed by atoms with Crippen LogP contribution in [0.1, 0.15) is 23.0 Å². The van der Waals surface area contributed by atoms with Gasteiger partial charge in [0.15, 0.2) is 0 Å². The molecule has 0 aliphatic carbocycles. The van der Waals surface area contributed by atoms with Crippen LogP contribution in [0, 0.1) is 0 Å². The van der Waals surface area contributed by atoms with Gasteiger partial charge in [0, 0.05) is 44.1 Å². The van der Waals surface area contributed by atoms with Crippen LogP contribution in [-0.4, -0.2) is 51.9 Å². The molecule has 1 saturated heterocycles. The molecule has 0 radical (unpaired) electrons. The monoisotopic (exact) mass is 347 g/mol. The van der Waals surface area contributed by atoms with Crippen molar-refractivity contribution in [3.8, 4) is 0 Å². The maximum atomic E-state index is 12.5. The van der Waals surface area contributed by atoms with Crippen molar-refractivity contribution in [2.24, 2.45) is 0 Å². The number of nitrogens with one attached hydrogen (secondary N) is 1. The molecule has 0 atom stereocenters. The van der Waals surface area contributed by atoms with Crippen LogP contribution >= 0.6 is 11.6 Å². The molecule has 3 heterocycles. The second kappa shape index (κ2) is 7.00. The summed E-state index contributed by atoms with van der Waals surface area (Å²) in [6, 6.07) is 3.40. The topological polar surface area (TPSA) is 82.2 Å². The van der Waals surface area contributed by atoms with Crippen molar-refractivity contribution in [1.82, 2.24) is 19.9 Å². The normalized spacial score (nSPS) is 14.8. The molecule has 0 spiro atoms. The predicted molar refractivity (Wildman–Crippen MR) is 91.6 cm³/mol. The van der Waals surface area contributed by atoms with Crippen LogP contribution < -0.4 is 10.5 Å². The van der Waals surface area contributed by atoms with Crippen LogP contribution in [0.15, 0.2) is 29.5 Å². The molecule has 1 aliphatic rings. The molecule has 126 valence electrons. The third kappa shape index (κ3) is 3.41. The molecule has 3 rings (SSSR count). The summed E-state index contributed by atoms with van der Waals surface area (Å²) in [6.07, 6.45) is 3.84. The second-order valence-electron chi connectivity index (χ2n) is 5.57. The van der Waals surface area contributed by atoms with Gasteiger partial charge in [0.2, 0.25) is 0 Å². The van der Waals surface area contributed by atoms with Gasteiger partial charge in [-0.05, 0) is 12.5 Å². The Labute approximate surface area is 144 Å². The summed E-state index contributed by atoms with van der Waals surface area (Å²) in [4.78, 5) is 38.7. The number of hydrogen-bond donors (Lipinski definition) is 1. The molecule has 0 aromatic carbocycles. The minimum absolute atomic E-state index is 0.0209. The maximum absolute atomic E-state index is 12.5. The van der Waals surface area contributed by atoms with Gasteiger partial charge in [0.1, 0.15) is 17.2 Å². The van der Waals surface area contributed by atoms with Gasteiger partial charge in [-0.25, -0.2) is 9.97 Å². The summed E-state index contributed by atoms with van der Waals surface area (Å²) >= 11 is 5.79. The molecule has 2 aromatic rings. The number of halogens is 1. The maximum Gasteiger partial charge on any atom is 0.266 e. The highest BCUT2D eigenvalue weighted by molar-refractivity contribution is 6.30. The van der Waals surface area contributed by atoms with Gasteiger partial charge < -0.3 is 14.8 Å². The van der Waals surface area contributed by atoms with E-state index in [4.69, 9.17) is 11.6 Å². The van der Waals surface area contributed by atoms with E-state index in [0.717, 1.165) is 17.9 Å². The number of nitrogens with zero attached hydrogens (tertiary/aromatic N) is 4. The number of aromatic nitrogens is 3. The number of pyridine rings is 1. The Morgan fingerprint density at radius 3 is 2.67 bits per heavy atom. The van der Waals surface area contributed by atoms with Gasteiger partial charge in [-0.15, -0.1) is 0 Å². The van der Waals surface area contributed by atoms with Crippen molar-refractivity contribution in [1.29, 1.82) is 0 Å². The first kappa shape index (κ1) is 16.4. The fourth-order valence-corrected chi connectivity index (χ4v) is 2.82. The number of anilines is 1. The van der Waals surface area contributed by atoms with E-state index < -0.39 is 5.56 Å². The Bertz CT molecular complexity index is 799. The zero-order chi connectivity index (χ0) is 17.1. The first-order valence-corrected chi connectivity index (χ1v) is 8.19. The molecule has 0 unspecified atom stereocenters.